The highest BCUT2D eigenvalue weighted by Gasteiger charge is 2.76. The predicted molar refractivity (Wildman–Crippen MR) is 242 cm³/mol. The first-order valence-corrected chi connectivity index (χ1v) is 24.9. The van der Waals surface area contributed by atoms with Gasteiger partial charge in [0.2, 0.25) is 5.91 Å². The van der Waals surface area contributed by atoms with E-state index in [-0.39, 0.29) is 73.8 Å². The largest absolute Gasteiger partial charge is 0.481 e. The fraction of sp³-hybridized carbons (Fsp3) is 0.808. The van der Waals surface area contributed by atoms with Crippen LogP contribution in [0.5, 0.6) is 0 Å². The lowest BCUT2D eigenvalue weighted by Crippen LogP contribution is -2.73. The number of carbonyl (C=O) groups excluding carboxylic acids is 1. The van der Waals surface area contributed by atoms with E-state index in [1.807, 2.05) is 37.3 Å². The molecule has 1 aromatic carbocycles. The van der Waals surface area contributed by atoms with Crippen molar-refractivity contribution >= 4 is 11.9 Å². The second kappa shape index (κ2) is 18.1. The minimum absolute atomic E-state index is 0.00311. The third-order valence-corrected chi connectivity index (χ3v) is 19.8. The van der Waals surface area contributed by atoms with Gasteiger partial charge in [-0.05, 0) is 114 Å². The number of carboxylic acid groups (broad SMARTS) is 1. The monoisotopic (exact) mass is 910 g/mol. The van der Waals surface area contributed by atoms with Crippen molar-refractivity contribution in [2.24, 2.45) is 68.0 Å². The van der Waals surface area contributed by atoms with Gasteiger partial charge in [0.15, 0.2) is 6.29 Å². The number of nitrogens with one attached hydrogen (secondary N) is 1. The van der Waals surface area contributed by atoms with E-state index in [0.29, 0.717) is 45.1 Å². The number of allylic oxidation sites excluding steroid dienone is 2. The van der Waals surface area contributed by atoms with Crippen molar-refractivity contribution in [1.82, 2.24) is 5.32 Å². The summed E-state index contributed by atoms with van der Waals surface area (Å²) in [4.78, 5) is 26.8. The number of ether oxygens (including phenoxy) is 3. The molecule has 0 unspecified atom stereocenters. The van der Waals surface area contributed by atoms with Crippen LogP contribution < -0.4 is 5.32 Å². The van der Waals surface area contributed by atoms with Crippen LogP contribution in [-0.2, 0) is 30.4 Å². The average Bonchev–Trinajstić information content (AvgIpc) is 3.70. The fourth-order valence-corrected chi connectivity index (χ4v) is 16.2. The Morgan fingerprint density at radius 2 is 1.68 bits per heavy atom. The van der Waals surface area contributed by atoms with Crippen LogP contribution in [0.4, 0.5) is 0 Å². The molecule has 0 spiro atoms. The van der Waals surface area contributed by atoms with E-state index in [0.717, 1.165) is 43.2 Å². The molecule has 6 fully saturated rings. The number of hydrogen-bond donors (Lipinski definition) is 8. The van der Waals surface area contributed by atoms with Crippen LogP contribution in [0.3, 0.4) is 0 Å². The van der Waals surface area contributed by atoms with Crippen LogP contribution in [0.15, 0.2) is 42.0 Å². The van der Waals surface area contributed by atoms with Crippen LogP contribution >= 0.6 is 0 Å². The van der Waals surface area contributed by atoms with Gasteiger partial charge in [-0.25, -0.2) is 0 Å². The van der Waals surface area contributed by atoms with Gasteiger partial charge in [-0.3, -0.25) is 9.59 Å². The SMILES string of the molecule is CCCCC[C@@H]1C[C@@]2(C(=O)O)[C@H](O)C[C@](C)(CO)C[C@H]2C2=CC[C@@H]3[C@@]4(C)[C@H](C[C@@H]5CNC(=O)C5)[C@@H](OCc5ccccc5)[C@@H](O[C@@H]5OC[C@@H](O)[C@H](O)[C@H]5O)[C@@](C)(CO)[C@H]4CC[C@@]3(C)[C@@]21C. The van der Waals surface area contributed by atoms with Crippen molar-refractivity contribution in [3.63, 3.8) is 0 Å². The molecule has 0 radical (unpaired) electrons. The van der Waals surface area contributed by atoms with E-state index in [9.17, 15) is 45.3 Å². The highest BCUT2D eigenvalue weighted by atomic mass is 16.7. The summed E-state index contributed by atoms with van der Waals surface area (Å²) in [6.07, 6.45) is 2.02. The van der Waals surface area contributed by atoms with Crippen LogP contribution in [0.2, 0.25) is 0 Å². The molecule has 2 heterocycles. The van der Waals surface area contributed by atoms with Gasteiger partial charge in [-0.15, -0.1) is 0 Å². The van der Waals surface area contributed by atoms with E-state index in [2.05, 4.69) is 46.0 Å². The van der Waals surface area contributed by atoms with Gasteiger partial charge in [0.25, 0.3) is 0 Å². The molecular formula is C52H79NO12. The molecule has 1 aromatic rings. The van der Waals surface area contributed by atoms with Crippen LogP contribution in [0.1, 0.15) is 124 Å². The van der Waals surface area contributed by atoms with Crippen molar-refractivity contribution < 1.29 is 59.5 Å². The summed E-state index contributed by atoms with van der Waals surface area (Å²) in [5.41, 5.74) is -2.33. The highest BCUT2D eigenvalue weighted by Crippen LogP contribution is 2.78. The number of aliphatic hydroxyl groups excluding tert-OH is 6. The Labute approximate surface area is 385 Å². The Balaban J connectivity index is 1.30. The van der Waals surface area contributed by atoms with E-state index < -0.39 is 81.9 Å². The zero-order chi connectivity index (χ0) is 46.9. The summed E-state index contributed by atoms with van der Waals surface area (Å²) in [6.45, 7) is 13.5. The molecule has 19 atom stereocenters. The van der Waals surface area contributed by atoms with Gasteiger partial charge in [0.05, 0.1) is 38.1 Å². The first-order chi connectivity index (χ1) is 30.8. The van der Waals surface area contributed by atoms with Crippen molar-refractivity contribution in [2.75, 3.05) is 26.4 Å². The van der Waals surface area contributed by atoms with Gasteiger partial charge in [-0.1, -0.05) is 103 Å². The third kappa shape index (κ3) is 7.68. The highest BCUT2D eigenvalue weighted by molar-refractivity contribution is 5.78. The molecule has 4 saturated carbocycles. The molecule has 65 heavy (non-hydrogen) atoms. The molecule has 8 N–H and O–H groups in total. The molecule has 13 nitrogen and oxygen atoms in total. The van der Waals surface area contributed by atoms with Crippen LogP contribution in [-0.4, -0.2) is 117 Å². The van der Waals surface area contributed by atoms with Crippen molar-refractivity contribution in [3.05, 3.63) is 47.5 Å². The Bertz CT molecular complexity index is 1920. The minimum atomic E-state index is -1.56. The lowest BCUT2D eigenvalue weighted by atomic mass is 9.30. The summed E-state index contributed by atoms with van der Waals surface area (Å²) >= 11 is 0. The number of hydrogen-bond acceptors (Lipinski definition) is 11. The zero-order valence-electron chi connectivity index (χ0n) is 39.7. The van der Waals surface area contributed by atoms with E-state index >= 15 is 0 Å². The number of benzene rings is 1. The predicted octanol–water partition coefficient (Wildman–Crippen LogP) is 5.37. The molecule has 2 saturated heterocycles. The Hall–Kier alpha value is -2.46. The molecule has 5 aliphatic carbocycles. The van der Waals surface area contributed by atoms with Gasteiger partial charge in [0.1, 0.15) is 23.7 Å². The molecule has 13 heteroatoms. The number of fused-ring (bicyclic) bond motifs is 7. The maximum Gasteiger partial charge on any atom is 0.312 e. The molecule has 7 aliphatic rings. The normalized spacial score (nSPS) is 48.3. The first kappa shape index (κ1) is 49.0. The number of aliphatic carboxylic acids is 1. The number of amides is 1. The maximum absolute atomic E-state index is 13.9. The second-order valence-corrected chi connectivity index (χ2v) is 23.2. The van der Waals surface area contributed by atoms with Gasteiger partial charge >= 0.3 is 5.97 Å². The van der Waals surface area contributed by atoms with Crippen molar-refractivity contribution in [2.45, 2.75) is 168 Å². The summed E-state index contributed by atoms with van der Waals surface area (Å²) in [5.74, 6) is -1.87. The smallest absolute Gasteiger partial charge is 0.312 e. The maximum atomic E-state index is 13.9. The topological polar surface area (TPSA) is 215 Å². The quantitative estimate of drug-likeness (QED) is 0.0673. The minimum Gasteiger partial charge on any atom is -0.481 e. The van der Waals surface area contributed by atoms with Gasteiger partial charge in [0, 0.05) is 25.0 Å². The number of carbonyl (C=O) groups is 2. The number of rotatable bonds is 14. The molecule has 2 aliphatic heterocycles. The van der Waals surface area contributed by atoms with Gasteiger partial charge in [-0.2, -0.15) is 0 Å². The summed E-state index contributed by atoms with van der Waals surface area (Å²) < 4.78 is 20.1. The Morgan fingerprint density at radius 1 is 0.938 bits per heavy atom. The molecule has 8 rings (SSSR count). The average molecular weight is 910 g/mol. The molecule has 1 amide bonds. The van der Waals surface area contributed by atoms with Crippen LogP contribution in [0.25, 0.3) is 0 Å². The molecular weight excluding hydrogens is 831 g/mol. The van der Waals surface area contributed by atoms with E-state index in [1.165, 1.54) is 0 Å². The first-order valence-electron chi connectivity index (χ1n) is 24.9. The van der Waals surface area contributed by atoms with E-state index in [1.54, 1.807) is 0 Å². The van der Waals surface area contributed by atoms with Crippen molar-refractivity contribution in [1.29, 1.82) is 0 Å². The van der Waals surface area contributed by atoms with E-state index in [4.69, 9.17) is 14.2 Å². The number of unbranched alkanes of at least 4 members (excludes halogenated alkanes) is 2. The lowest BCUT2D eigenvalue weighted by Gasteiger charge is -2.75. The molecule has 0 bridgehead atoms. The van der Waals surface area contributed by atoms with Crippen molar-refractivity contribution in [3.8, 4) is 0 Å². The third-order valence-electron chi connectivity index (χ3n) is 19.8. The summed E-state index contributed by atoms with van der Waals surface area (Å²) in [7, 11) is 0. The fourth-order valence-electron chi connectivity index (χ4n) is 16.2. The Kier molecular flexibility index (Phi) is 13.7. The number of aliphatic hydroxyl groups is 6. The zero-order valence-corrected chi connectivity index (χ0v) is 39.7. The van der Waals surface area contributed by atoms with Crippen LogP contribution in [0, 0.1) is 68.0 Å². The molecule has 0 aromatic heterocycles. The summed E-state index contributed by atoms with van der Waals surface area (Å²) in [5, 5.41) is 81.9. The lowest BCUT2D eigenvalue weighted by molar-refractivity contribution is -0.346. The second-order valence-electron chi connectivity index (χ2n) is 23.2. The van der Waals surface area contributed by atoms with Gasteiger partial charge < -0.3 is 55.3 Å². The molecule has 364 valence electrons. The standard InChI is InChI=1S/C52H79NO12/c1-7-8-10-15-32-22-52(46(61)62)35(23-47(2,28-54)24-39(52)57)33-16-17-38-49(4,51(32,33)6)19-18-37-48(3,29-55)44(65-45-42(60)41(59)36(56)27-64-45)43(63-26-30-13-11-9-12-14-30)34(50(37,38)5)20-31-21-40(58)53-25-31/h9,11-14,16,31-32,34-39,41-45,54-57,59-60H,7-8,10,15,17-29H2,1-6H3,(H,53,58)(H,61,62)/t31-,32+,34+,35-,36+,37+,38-,39+,41-,42+,43+,44+,45-,47+,48-,49+,50-,51+,52-/m0/s1. The Morgan fingerprint density at radius 3 is 2.32 bits per heavy atom. The summed E-state index contributed by atoms with van der Waals surface area (Å²) in [6, 6.07) is 9.88. The number of carboxylic acids is 1.